The van der Waals surface area contributed by atoms with E-state index in [1.165, 1.54) is 0 Å². The van der Waals surface area contributed by atoms with Crippen molar-refractivity contribution in [1.82, 2.24) is 19.7 Å². The molecule has 0 saturated heterocycles. The minimum atomic E-state index is -4.51. The van der Waals surface area contributed by atoms with Gasteiger partial charge in [0.05, 0.1) is 11.4 Å². The van der Waals surface area contributed by atoms with Gasteiger partial charge in [0, 0.05) is 24.8 Å². The molecule has 0 amide bonds. The molecule has 124 valence electrons. The van der Waals surface area contributed by atoms with Crippen LogP contribution in [0, 0.1) is 6.92 Å². The number of hydrogen-bond donors (Lipinski definition) is 1. The first-order valence-electron chi connectivity index (χ1n) is 7.56. The van der Waals surface area contributed by atoms with E-state index in [0.717, 1.165) is 31.7 Å². The number of aromatic nitrogens is 4. The van der Waals surface area contributed by atoms with E-state index < -0.39 is 11.9 Å². The van der Waals surface area contributed by atoms with E-state index in [1.807, 2.05) is 0 Å². The summed E-state index contributed by atoms with van der Waals surface area (Å²) >= 11 is 0. The maximum atomic E-state index is 13.1. The second-order valence-electron chi connectivity index (χ2n) is 5.89. The topological polar surface area (TPSA) is 55.6 Å². The first-order valence-corrected chi connectivity index (χ1v) is 7.56. The van der Waals surface area contributed by atoms with Gasteiger partial charge in [-0.2, -0.15) is 18.3 Å². The van der Waals surface area contributed by atoms with Gasteiger partial charge in [-0.3, -0.25) is 4.68 Å². The Balaban J connectivity index is 2.02. The van der Waals surface area contributed by atoms with Crippen LogP contribution in [0.25, 0.3) is 11.3 Å². The van der Waals surface area contributed by atoms with E-state index in [-0.39, 0.29) is 17.7 Å². The summed E-state index contributed by atoms with van der Waals surface area (Å²) in [5.74, 6) is 0.0324. The summed E-state index contributed by atoms with van der Waals surface area (Å²) in [5, 5.41) is 7.21. The van der Waals surface area contributed by atoms with E-state index in [1.54, 1.807) is 24.9 Å². The molecule has 0 spiro atoms. The van der Waals surface area contributed by atoms with Crippen LogP contribution in [0.4, 0.5) is 19.1 Å². The molecular formula is C15H18F3N5. The molecule has 1 saturated carbocycles. The minimum absolute atomic E-state index is 0.0324. The van der Waals surface area contributed by atoms with Crippen LogP contribution in [-0.2, 0) is 13.2 Å². The zero-order chi connectivity index (χ0) is 16.6. The van der Waals surface area contributed by atoms with Gasteiger partial charge in [0.2, 0.25) is 5.95 Å². The maximum absolute atomic E-state index is 13.1. The van der Waals surface area contributed by atoms with Crippen LogP contribution in [0.2, 0.25) is 0 Å². The summed E-state index contributed by atoms with van der Waals surface area (Å²) in [6, 6.07) is 1.12. The van der Waals surface area contributed by atoms with Gasteiger partial charge < -0.3 is 5.32 Å². The van der Waals surface area contributed by atoms with Gasteiger partial charge in [0.1, 0.15) is 0 Å². The third-order valence-corrected chi connectivity index (χ3v) is 3.99. The zero-order valence-electron chi connectivity index (χ0n) is 13.0. The molecular weight excluding hydrogens is 307 g/mol. The van der Waals surface area contributed by atoms with Crippen LogP contribution in [-0.4, -0.2) is 25.8 Å². The maximum Gasteiger partial charge on any atom is 0.433 e. The van der Waals surface area contributed by atoms with Crippen LogP contribution in [0.3, 0.4) is 0 Å². The monoisotopic (exact) mass is 325 g/mol. The molecule has 1 N–H and O–H groups in total. The van der Waals surface area contributed by atoms with Crippen molar-refractivity contribution in [3.63, 3.8) is 0 Å². The standard InChI is InChI=1S/C15H18F3N5/c1-9-11(8-23(2)22-9)12-7-13(15(16,17)18)21-14(20-12)19-10-5-3-4-6-10/h7-8,10H,3-6H2,1-2H3,(H,19,20,21). The van der Waals surface area contributed by atoms with Gasteiger partial charge in [-0.15, -0.1) is 0 Å². The van der Waals surface area contributed by atoms with Crippen LogP contribution in [0.1, 0.15) is 37.1 Å². The van der Waals surface area contributed by atoms with Crippen molar-refractivity contribution in [2.45, 2.75) is 44.8 Å². The fraction of sp³-hybridized carbons (Fsp3) is 0.533. The Morgan fingerprint density at radius 3 is 2.48 bits per heavy atom. The van der Waals surface area contributed by atoms with Crippen molar-refractivity contribution in [2.24, 2.45) is 7.05 Å². The lowest BCUT2D eigenvalue weighted by Crippen LogP contribution is -2.19. The number of rotatable bonds is 3. The van der Waals surface area contributed by atoms with Gasteiger partial charge in [0.25, 0.3) is 0 Å². The van der Waals surface area contributed by atoms with E-state index in [0.29, 0.717) is 11.3 Å². The highest BCUT2D eigenvalue weighted by atomic mass is 19.4. The van der Waals surface area contributed by atoms with Crippen molar-refractivity contribution < 1.29 is 13.2 Å². The molecule has 8 heteroatoms. The molecule has 1 aliphatic carbocycles. The first kappa shape index (κ1) is 15.8. The van der Waals surface area contributed by atoms with Crippen LogP contribution >= 0.6 is 0 Å². The molecule has 0 atom stereocenters. The number of hydrogen-bond acceptors (Lipinski definition) is 4. The van der Waals surface area contributed by atoms with Gasteiger partial charge in [-0.25, -0.2) is 9.97 Å². The van der Waals surface area contributed by atoms with Crippen molar-refractivity contribution in [3.05, 3.63) is 23.7 Å². The van der Waals surface area contributed by atoms with Gasteiger partial charge >= 0.3 is 6.18 Å². The smallest absolute Gasteiger partial charge is 0.351 e. The third-order valence-electron chi connectivity index (χ3n) is 3.99. The molecule has 0 radical (unpaired) electrons. The zero-order valence-corrected chi connectivity index (χ0v) is 13.0. The Labute approximate surface area is 131 Å². The summed E-state index contributed by atoms with van der Waals surface area (Å²) < 4.78 is 41.0. The van der Waals surface area contributed by atoms with Gasteiger partial charge in [-0.05, 0) is 25.8 Å². The highest BCUT2D eigenvalue weighted by molar-refractivity contribution is 5.62. The average Bonchev–Trinajstić information content (AvgIpc) is 3.07. The lowest BCUT2D eigenvalue weighted by Gasteiger charge is -2.15. The number of nitrogens with one attached hydrogen (secondary N) is 1. The summed E-state index contributed by atoms with van der Waals surface area (Å²) in [5.41, 5.74) is 0.505. The molecule has 5 nitrogen and oxygen atoms in total. The number of nitrogens with zero attached hydrogens (tertiary/aromatic N) is 4. The fourth-order valence-electron chi connectivity index (χ4n) is 2.90. The Morgan fingerprint density at radius 2 is 1.91 bits per heavy atom. The van der Waals surface area contributed by atoms with Gasteiger partial charge in [-0.1, -0.05) is 12.8 Å². The fourth-order valence-corrected chi connectivity index (χ4v) is 2.90. The molecule has 1 fully saturated rings. The number of anilines is 1. The lowest BCUT2D eigenvalue weighted by molar-refractivity contribution is -0.141. The summed E-state index contributed by atoms with van der Waals surface area (Å²) in [6.45, 7) is 1.74. The van der Waals surface area contributed by atoms with Crippen LogP contribution in [0.15, 0.2) is 12.3 Å². The Morgan fingerprint density at radius 1 is 1.22 bits per heavy atom. The molecule has 1 aliphatic rings. The second-order valence-corrected chi connectivity index (χ2v) is 5.89. The highest BCUT2D eigenvalue weighted by Gasteiger charge is 2.34. The van der Waals surface area contributed by atoms with Crippen LogP contribution in [0.5, 0.6) is 0 Å². The average molecular weight is 325 g/mol. The quantitative estimate of drug-likeness (QED) is 0.937. The van der Waals surface area contributed by atoms with E-state index >= 15 is 0 Å². The van der Waals surface area contributed by atoms with Crippen LogP contribution < -0.4 is 5.32 Å². The van der Waals surface area contributed by atoms with Crippen molar-refractivity contribution in [2.75, 3.05) is 5.32 Å². The summed E-state index contributed by atoms with van der Waals surface area (Å²) in [6.07, 6.45) is 1.16. The number of halogens is 3. The summed E-state index contributed by atoms with van der Waals surface area (Å²) in [7, 11) is 1.72. The molecule has 2 aromatic heterocycles. The lowest BCUT2D eigenvalue weighted by atomic mass is 10.1. The predicted molar refractivity (Wildman–Crippen MR) is 79.9 cm³/mol. The minimum Gasteiger partial charge on any atom is -0.351 e. The SMILES string of the molecule is Cc1nn(C)cc1-c1cc(C(F)(F)F)nc(NC2CCCC2)n1. The molecule has 0 unspecified atom stereocenters. The Kier molecular flexibility index (Phi) is 3.99. The molecule has 0 aliphatic heterocycles. The van der Waals surface area contributed by atoms with E-state index in [2.05, 4.69) is 20.4 Å². The molecule has 3 rings (SSSR count). The van der Waals surface area contributed by atoms with Crippen molar-refractivity contribution in [1.29, 1.82) is 0 Å². The van der Waals surface area contributed by atoms with Gasteiger partial charge in [0.15, 0.2) is 5.69 Å². The Bertz CT molecular complexity index is 702. The van der Waals surface area contributed by atoms with Crippen molar-refractivity contribution in [3.8, 4) is 11.3 Å². The molecule has 2 heterocycles. The molecule has 0 aromatic carbocycles. The highest BCUT2D eigenvalue weighted by Crippen LogP contribution is 2.32. The largest absolute Gasteiger partial charge is 0.433 e. The normalized spacial score (nSPS) is 16.0. The second kappa shape index (κ2) is 5.82. The third kappa shape index (κ3) is 3.46. The predicted octanol–water partition coefficient (Wildman–Crippen LogP) is 3.56. The Hall–Kier alpha value is -2.12. The molecule has 2 aromatic rings. The molecule has 0 bridgehead atoms. The summed E-state index contributed by atoms with van der Waals surface area (Å²) in [4.78, 5) is 7.93. The first-order chi connectivity index (χ1) is 10.8. The van der Waals surface area contributed by atoms with E-state index in [9.17, 15) is 13.2 Å². The number of aryl methyl sites for hydroxylation is 2. The molecule has 23 heavy (non-hydrogen) atoms. The van der Waals surface area contributed by atoms with E-state index in [4.69, 9.17) is 0 Å². The number of alkyl halides is 3. The van der Waals surface area contributed by atoms with Crippen molar-refractivity contribution >= 4 is 5.95 Å².